The van der Waals surface area contributed by atoms with E-state index in [9.17, 15) is 5.11 Å². The zero-order chi connectivity index (χ0) is 12.8. The van der Waals surface area contributed by atoms with E-state index in [1.54, 1.807) is 0 Å². The first kappa shape index (κ1) is 14.3. The van der Waals surface area contributed by atoms with Gasteiger partial charge in [0.2, 0.25) is 0 Å². The van der Waals surface area contributed by atoms with Crippen molar-refractivity contribution in [1.82, 2.24) is 10.6 Å². The number of aliphatic hydroxyl groups excluding tert-OH is 1. The summed E-state index contributed by atoms with van der Waals surface area (Å²) < 4.78 is 0. The van der Waals surface area contributed by atoms with Gasteiger partial charge in [0.15, 0.2) is 0 Å². The minimum atomic E-state index is -0.367. The predicted octanol–water partition coefficient (Wildman–Crippen LogP) is 2.15. The molecule has 0 radical (unpaired) electrons. The maximum absolute atomic E-state index is 9.47. The first-order valence-corrected chi connectivity index (χ1v) is 6.59. The van der Waals surface area contributed by atoms with E-state index in [0.29, 0.717) is 5.92 Å². The molecular weight excluding hydrogens is 212 g/mol. The lowest BCUT2D eigenvalue weighted by molar-refractivity contribution is 0.133. The number of likely N-dealkylation sites (N-methyl/N-ethyl adjacent to an activating group) is 1. The number of hydrogen-bond acceptors (Lipinski definition) is 3. The molecule has 0 saturated carbocycles. The Balaban J connectivity index is 2.57. The Bertz CT molecular complexity index is 307. The van der Waals surface area contributed by atoms with E-state index in [0.717, 1.165) is 25.8 Å². The van der Waals surface area contributed by atoms with Crippen LogP contribution in [0.4, 0.5) is 0 Å². The maximum Gasteiger partial charge on any atom is 0.104 e. The van der Waals surface area contributed by atoms with E-state index in [-0.39, 0.29) is 6.23 Å². The zero-order valence-electron chi connectivity index (χ0n) is 11.5. The number of aliphatic hydroxyl groups is 1. The largest absolute Gasteiger partial charge is 0.388 e. The SMILES string of the molecule is CC[C@@H](O)NCCC1=C(C)C(NC)=CC[C@H]1C. The second-order valence-electron chi connectivity index (χ2n) is 4.78. The average Bonchev–Trinajstić information content (AvgIpc) is 2.33. The molecule has 0 unspecified atom stereocenters. The van der Waals surface area contributed by atoms with Crippen molar-refractivity contribution in [2.75, 3.05) is 13.6 Å². The Morgan fingerprint density at radius 2 is 2.24 bits per heavy atom. The maximum atomic E-state index is 9.47. The van der Waals surface area contributed by atoms with Crippen LogP contribution in [-0.2, 0) is 0 Å². The Hall–Kier alpha value is -0.800. The molecule has 2 atom stereocenters. The van der Waals surface area contributed by atoms with Crippen molar-refractivity contribution in [2.24, 2.45) is 5.92 Å². The molecule has 0 fully saturated rings. The second kappa shape index (κ2) is 6.82. The van der Waals surface area contributed by atoms with E-state index in [1.165, 1.54) is 16.8 Å². The van der Waals surface area contributed by atoms with Crippen LogP contribution in [0.15, 0.2) is 22.9 Å². The van der Waals surface area contributed by atoms with Crippen LogP contribution in [0.1, 0.15) is 40.0 Å². The van der Waals surface area contributed by atoms with Gasteiger partial charge in [0.25, 0.3) is 0 Å². The molecule has 0 aromatic heterocycles. The molecule has 0 aromatic rings. The summed E-state index contributed by atoms with van der Waals surface area (Å²) in [6.45, 7) is 7.29. The van der Waals surface area contributed by atoms with Gasteiger partial charge in [-0.2, -0.15) is 0 Å². The molecule has 0 aromatic carbocycles. The van der Waals surface area contributed by atoms with Gasteiger partial charge >= 0.3 is 0 Å². The summed E-state index contributed by atoms with van der Waals surface area (Å²) in [5.74, 6) is 0.618. The first-order valence-electron chi connectivity index (χ1n) is 6.59. The topological polar surface area (TPSA) is 44.3 Å². The van der Waals surface area contributed by atoms with Crippen LogP contribution in [-0.4, -0.2) is 24.9 Å². The minimum Gasteiger partial charge on any atom is -0.388 e. The Labute approximate surface area is 105 Å². The highest BCUT2D eigenvalue weighted by molar-refractivity contribution is 5.37. The summed E-state index contributed by atoms with van der Waals surface area (Å²) in [4.78, 5) is 0. The van der Waals surface area contributed by atoms with Crippen molar-refractivity contribution in [3.8, 4) is 0 Å². The highest BCUT2D eigenvalue weighted by atomic mass is 16.3. The van der Waals surface area contributed by atoms with E-state index < -0.39 is 0 Å². The summed E-state index contributed by atoms with van der Waals surface area (Å²) in [5.41, 5.74) is 4.14. The molecule has 0 bridgehead atoms. The van der Waals surface area contributed by atoms with E-state index in [1.807, 2.05) is 14.0 Å². The number of nitrogens with one attached hydrogen (secondary N) is 2. The Morgan fingerprint density at radius 1 is 1.53 bits per heavy atom. The van der Waals surface area contributed by atoms with Gasteiger partial charge in [0.1, 0.15) is 6.23 Å². The van der Waals surface area contributed by atoms with Gasteiger partial charge < -0.3 is 10.4 Å². The molecule has 17 heavy (non-hydrogen) atoms. The summed E-state index contributed by atoms with van der Waals surface area (Å²) in [6, 6.07) is 0. The molecular formula is C14H26N2O. The smallest absolute Gasteiger partial charge is 0.104 e. The molecule has 0 amide bonds. The first-order chi connectivity index (χ1) is 8.10. The average molecular weight is 238 g/mol. The fourth-order valence-electron chi connectivity index (χ4n) is 2.37. The second-order valence-corrected chi connectivity index (χ2v) is 4.78. The number of rotatable bonds is 6. The van der Waals surface area contributed by atoms with Crippen LogP contribution in [0.3, 0.4) is 0 Å². The van der Waals surface area contributed by atoms with Crippen LogP contribution in [0.25, 0.3) is 0 Å². The summed E-state index contributed by atoms with van der Waals surface area (Å²) in [7, 11) is 1.97. The van der Waals surface area contributed by atoms with E-state index in [2.05, 4.69) is 30.6 Å². The predicted molar refractivity (Wildman–Crippen MR) is 72.5 cm³/mol. The Kier molecular flexibility index (Phi) is 5.72. The molecule has 0 spiro atoms. The molecule has 3 nitrogen and oxygen atoms in total. The summed E-state index contributed by atoms with van der Waals surface area (Å²) in [6.07, 6.45) is 4.80. The fourth-order valence-corrected chi connectivity index (χ4v) is 2.37. The molecule has 1 aliphatic rings. The molecule has 1 aliphatic carbocycles. The monoisotopic (exact) mass is 238 g/mol. The van der Waals surface area contributed by atoms with Gasteiger partial charge in [-0.15, -0.1) is 0 Å². The molecule has 3 heteroatoms. The molecule has 0 heterocycles. The zero-order valence-corrected chi connectivity index (χ0v) is 11.5. The number of allylic oxidation sites excluding steroid dienone is 2. The third kappa shape index (κ3) is 3.86. The Morgan fingerprint density at radius 3 is 2.82 bits per heavy atom. The van der Waals surface area contributed by atoms with Crippen LogP contribution < -0.4 is 10.6 Å². The van der Waals surface area contributed by atoms with Crippen LogP contribution in [0.2, 0.25) is 0 Å². The lowest BCUT2D eigenvalue weighted by Gasteiger charge is -2.25. The van der Waals surface area contributed by atoms with E-state index in [4.69, 9.17) is 0 Å². The summed E-state index contributed by atoms with van der Waals surface area (Å²) >= 11 is 0. The van der Waals surface area contributed by atoms with Gasteiger partial charge in [-0.05, 0) is 37.7 Å². The normalized spacial score (nSPS) is 22.4. The van der Waals surface area contributed by atoms with Crippen molar-refractivity contribution < 1.29 is 5.11 Å². The molecule has 98 valence electrons. The molecule has 1 rings (SSSR count). The van der Waals surface area contributed by atoms with E-state index >= 15 is 0 Å². The number of hydrogen-bond donors (Lipinski definition) is 3. The lowest BCUT2D eigenvalue weighted by atomic mass is 9.85. The van der Waals surface area contributed by atoms with Crippen molar-refractivity contribution >= 4 is 0 Å². The van der Waals surface area contributed by atoms with Gasteiger partial charge in [-0.1, -0.05) is 25.5 Å². The van der Waals surface area contributed by atoms with Crippen molar-refractivity contribution in [3.63, 3.8) is 0 Å². The quantitative estimate of drug-likeness (QED) is 0.621. The molecule has 0 aliphatic heterocycles. The minimum absolute atomic E-state index is 0.367. The third-order valence-corrected chi connectivity index (χ3v) is 3.59. The van der Waals surface area contributed by atoms with Crippen molar-refractivity contribution in [3.05, 3.63) is 22.9 Å². The van der Waals surface area contributed by atoms with Crippen molar-refractivity contribution in [1.29, 1.82) is 0 Å². The van der Waals surface area contributed by atoms with Crippen LogP contribution >= 0.6 is 0 Å². The molecule has 3 N–H and O–H groups in total. The standard InChI is InChI=1S/C14H26N2O/c1-5-14(17)16-9-8-12-10(2)6-7-13(15-4)11(12)3/h7,10,14-17H,5-6,8-9H2,1-4H3/t10-,14-/m1/s1. The summed E-state index contributed by atoms with van der Waals surface area (Å²) in [5, 5.41) is 15.8. The van der Waals surface area contributed by atoms with Crippen LogP contribution in [0.5, 0.6) is 0 Å². The van der Waals surface area contributed by atoms with Gasteiger partial charge in [0, 0.05) is 19.3 Å². The highest BCUT2D eigenvalue weighted by Gasteiger charge is 2.17. The van der Waals surface area contributed by atoms with Gasteiger partial charge in [0.05, 0.1) is 0 Å². The lowest BCUT2D eigenvalue weighted by Crippen LogP contribution is -2.29. The fraction of sp³-hybridized carbons (Fsp3) is 0.714. The van der Waals surface area contributed by atoms with Gasteiger partial charge in [-0.3, -0.25) is 5.32 Å². The third-order valence-electron chi connectivity index (χ3n) is 3.59. The molecule has 0 saturated heterocycles. The highest BCUT2D eigenvalue weighted by Crippen LogP contribution is 2.30. The van der Waals surface area contributed by atoms with Crippen LogP contribution in [0, 0.1) is 5.92 Å². The van der Waals surface area contributed by atoms with Crippen molar-refractivity contribution in [2.45, 2.75) is 46.3 Å². The van der Waals surface area contributed by atoms with Gasteiger partial charge in [-0.25, -0.2) is 0 Å².